The largest absolute Gasteiger partial charge is 0.494 e. The molecule has 0 amide bonds. The molecule has 1 atom stereocenters. The van der Waals surface area contributed by atoms with E-state index < -0.39 is 11.6 Å². The van der Waals surface area contributed by atoms with Crippen molar-refractivity contribution in [1.29, 1.82) is 0 Å². The van der Waals surface area contributed by atoms with Gasteiger partial charge in [0.25, 0.3) is 0 Å². The lowest BCUT2D eigenvalue weighted by atomic mass is 10.1. The molecule has 1 unspecified atom stereocenters. The van der Waals surface area contributed by atoms with E-state index >= 15 is 0 Å². The van der Waals surface area contributed by atoms with Gasteiger partial charge in [-0.3, -0.25) is 0 Å². The average molecular weight is 291 g/mol. The van der Waals surface area contributed by atoms with Gasteiger partial charge >= 0.3 is 0 Å². The molecule has 112 valence electrons. The third kappa shape index (κ3) is 4.18. The van der Waals surface area contributed by atoms with E-state index in [0.717, 1.165) is 30.0 Å². The molecule has 0 saturated carbocycles. The first kappa shape index (κ1) is 15.3. The summed E-state index contributed by atoms with van der Waals surface area (Å²) in [6.07, 6.45) is 0.954. The van der Waals surface area contributed by atoms with Crippen molar-refractivity contribution in [3.63, 3.8) is 0 Å². The van der Waals surface area contributed by atoms with Crippen molar-refractivity contribution in [3.05, 3.63) is 59.7 Å². The lowest BCUT2D eigenvalue weighted by Crippen LogP contribution is -2.09. The maximum atomic E-state index is 13.7. The molecular formula is C17H19F2NO. The standard InChI is InChI=1S/C17H19F2NO/c1-3-10-21-15-7-5-14(6-8-15)20-12(2)16-11-13(18)4-9-17(16)19/h4-9,11-12,20H,3,10H2,1-2H3. The monoisotopic (exact) mass is 291 g/mol. The Morgan fingerprint density at radius 1 is 1.10 bits per heavy atom. The minimum absolute atomic E-state index is 0.307. The highest BCUT2D eigenvalue weighted by atomic mass is 19.1. The van der Waals surface area contributed by atoms with Crippen molar-refractivity contribution < 1.29 is 13.5 Å². The van der Waals surface area contributed by atoms with Gasteiger partial charge in [-0.25, -0.2) is 8.78 Å². The summed E-state index contributed by atoms with van der Waals surface area (Å²) in [6.45, 7) is 4.52. The van der Waals surface area contributed by atoms with Crippen LogP contribution in [0.15, 0.2) is 42.5 Å². The van der Waals surface area contributed by atoms with Gasteiger partial charge in [-0.2, -0.15) is 0 Å². The van der Waals surface area contributed by atoms with Crippen LogP contribution in [0.4, 0.5) is 14.5 Å². The summed E-state index contributed by atoms with van der Waals surface area (Å²) in [5, 5.41) is 3.15. The summed E-state index contributed by atoms with van der Waals surface area (Å²) in [5.74, 6) is -0.0605. The SMILES string of the molecule is CCCOc1ccc(NC(C)c2cc(F)ccc2F)cc1. The van der Waals surface area contributed by atoms with Gasteiger partial charge in [-0.1, -0.05) is 6.92 Å². The van der Waals surface area contributed by atoms with Gasteiger partial charge in [-0.05, 0) is 55.8 Å². The molecule has 0 bridgehead atoms. The quantitative estimate of drug-likeness (QED) is 0.815. The molecule has 21 heavy (non-hydrogen) atoms. The van der Waals surface area contributed by atoms with Crippen molar-refractivity contribution in [2.24, 2.45) is 0 Å². The first-order valence-corrected chi connectivity index (χ1v) is 7.04. The number of nitrogens with one attached hydrogen (secondary N) is 1. The molecule has 4 heteroatoms. The maximum Gasteiger partial charge on any atom is 0.128 e. The van der Waals surface area contributed by atoms with Crippen LogP contribution in [0, 0.1) is 11.6 Å². The molecule has 0 aliphatic carbocycles. The van der Waals surface area contributed by atoms with Crippen LogP contribution < -0.4 is 10.1 Å². The molecule has 2 aromatic carbocycles. The average Bonchev–Trinajstić information content (AvgIpc) is 2.49. The summed E-state index contributed by atoms with van der Waals surface area (Å²) in [7, 11) is 0. The third-order valence-electron chi connectivity index (χ3n) is 3.13. The zero-order valence-corrected chi connectivity index (χ0v) is 12.2. The Kier molecular flexibility index (Phi) is 5.14. The van der Waals surface area contributed by atoms with Gasteiger partial charge in [0.1, 0.15) is 17.4 Å². The molecule has 1 N–H and O–H groups in total. The topological polar surface area (TPSA) is 21.3 Å². The smallest absolute Gasteiger partial charge is 0.128 e. The molecular weight excluding hydrogens is 272 g/mol. The second kappa shape index (κ2) is 7.07. The number of hydrogen-bond acceptors (Lipinski definition) is 2. The summed E-state index contributed by atoms with van der Waals surface area (Å²) in [6, 6.07) is 10.6. The molecule has 2 nitrogen and oxygen atoms in total. The fourth-order valence-electron chi connectivity index (χ4n) is 2.04. The highest BCUT2D eigenvalue weighted by Gasteiger charge is 2.12. The second-order valence-corrected chi connectivity index (χ2v) is 4.90. The lowest BCUT2D eigenvalue weighted by molar-refractivity contribution is 0.317. The van der Waals surface area contributed by atoms with Crippen LogP contribution in [0.2, 0.25) is 0 Å². The number of rotatable bonds is 6. The van der Waals surface area contributed by atoms with Crippen LogP contribution in [0.25, 0.3) is 0 Å². The molecule has 2 rings (SSSR count). The molecule has 0 aromatic heterocycles. The number of halogens is 2. The van der Waals surface area contributed by atoms with Crippen LogP contribution in [0.5, 0.6) is 5.75 Å². The van der Waals surface area contributed by atoms with Crippen LogP contribution in [0.3, 0.4) is 0 Å². The summed E-state index contributed by atoms with van der Waals surface area (Å²) in [4.78, 5) is 0. The van der Waals surface area contributed by atoms with Gasteiger partial charge in [0.2, 0.25) is 0 Å². The van der Waals surface area contributed by atoms with E-state index in [4.69, 9.17) is 4.74 Å². The Morgan fingerprint density at radius 2 is 1.81 bits per heavy atom. The Hall–Kier alpha value is -2.10. The summed E-state index contributed by atoms with van der Waals surface area (Å²) < 4.78 is 32.4. The highest BCUT2D eigenvalue weighted by molar-refractivity contribution is 5.48. The van der Waals surface area contributed by atoms with Crippen molar-refractivity contribution in [3.8, 4) is 5.75 Å². The zero-order chi connectivity index (χ0) is 15.2. The molecule has 0 radical (unpaired) electrons. The van der Waals surface area contributed by atoms with Gasteiger partial charge in [-0.15, -0.1) is 0 Å². The fraction of sp³-hybridized carbons (Fsp3) is 0.294. The Morgan fingerprint density at radius 3 is 2.48 bits per heavy atom. The van der Waals surface area contributed by atoms with Crippen molar-refractivity contribution >= 4 is 5.69 Å². The molecule has 2 aromatic rings. The highest BCUT2D eigenvalue weighted by Crippen LogP contribution is 2.24. The van der Waals surface area contributed by atoms with Gasteiger partial charge in [0.05, 0.1) is 12.6 Å². The van der Waals surface area contributed by atoms with E-state index in [1.54, 1.807) is 6.92 Å². The van der Waals surface area contributed by atoms with E-state index in [-0.39, 0.29) is 6.04 Å². The summed E-state index contributed by atoms with van der Waals surface area (Å²) in [5.41, 5.74) is 1.14. The van der Waals surface area contributed by atoms with Crippen LogP contribution >= 0.6 is 0 Å². The number of ether oxygens (including phenoxy) is 1. The van der Waals surface area contributed by atoms with Crippen LogP contribution in [-0.4, -0.2) is 6.61 Å². The van der Waals surface area contributed by atoms with E-state index in [0.29, 0.717) is 12.2 Å². The van der Waals surface area contributed by atoms with Crippen molar-refractivity contribution in [2.75, 3.05) is 11.9 Å². The van der Waals surface area contributed by atoms with Crippen molar-refractivity contribution in [1.82, 2.24) is 0 Å². The Balaban J connectivity index is 2.05. The number of benzene rings is 2. The molecule has 0 heterocycles. The Labute approximate surface area is 123 Å². The van der Waals surface area contributed by atoms with Gasteiger partial charge in [0, 0.05) is 11.3 Å². The van der Waals surface area contributed by atoms with E-state index in [2.05, 4.69) is 5.32 Å². The summed E-state index contributed by atoms with van der Waals surface area (Å²) >= 11 is 0. The minimum atomic E-state index is -0.441. The number of hydrogen-bond donors (Lipinski definition) is 1. The predicted octanol–water partition coefficient (Wildman–Crippen LogP) is 4.93. The van der Waals surface area contributed by atoms with Gasteiger partial charge in [0.15, 0.2) is 0 Å². The molecule has 0 fully saturated rings. The van der Waals surface area contributed by atoms with Crippen molar-refractivity contribution in [2.45, 2.75) is 26.3 Å². The van der Waals surface area contributed by atoms with E-state index in [9.17, 15) is 8.78 Å². The fourth-order valence-corrected chi connectivity index (χ4v) is 2.04. The Bertz CT molecular complexity index is 584. The normalized spacial score (nSPS) is 12.0. The third-order valence-corrected chi connectivity index (χ3v) is 3.13. The lowest BCUT2D eigenvalue weighted by Gasteiger charge is -2.17. The minimum Gasteiger partial charge on any atom is -0.494 e. The first-order chi connectivity index (χ1) is 10.1. The van der Waals surface area contributed by atoms with E-state index in [1.807, 2.05) is 31.2 Å². The second-order valence-electron chi connectivity index (χ2n) is 4.90. The van der Waals surface area contributed by atoms with E-state index in [1.165, 1.54) is 6.07 Å². The maximum absolute atomic E-state index is 13.7. The zero-order valence-electron chi connectivity index (χ0n) is 12.2. The first-order valence-electron chi connectivity index (χ1n) is 7.04. The van der Waals surface area contributed by atoms with Crippen LogP contribution in [0.1, 0.15) is 31.9 Å². The van der Waals surface area contributed by atoms with Gasteiger partial charge < -0.3 is 10.1 Å². The van der Waals surface area contributed by atoms with Crippen LogP contribution in [-0.2, 0) is 0 Å². The number of anilines is 1. The predicted molar refractivity (Wildman–Crippen MR) is 80.6 cm³/mol. The molecule has 0 aliphatic rings. The molecule has 0 saturated heterocycles. The molecule has 0 spiro atoms. The molecule has 0 aliphatic heterocycles.